The largest absolute Gasteiger partial charge is 0.334 e. The average Bonchev–Trinajstić information content (AvgIpc) is 2.40. The number of imide groups is 1. The van der Waals surface area contributed by atoms with Crippen molar-refractivity contribution in [3.8, 4) is 0 Å². The Hall–Kier alpha value is -1.06. The average molecular weight is 250 g/mol. The van der Waals surface area contributed by atoms with E-state index in [0.717, 1.165) is 51.4 Å². The topological polar surface area (TPSA) is 49.4 Å². The van der Waals surface area contributed by atoms with Crippen molar-refractivity contribution in [2.24, 2.45) is 5.92 Å². The molecule has 2 atom stereocenters. The van der Waals surface area contributed by atoms with Crippen LogP contribution in [0.5, 0.6) is 0 Å². The number of rotatable bonds is 1. The quantitative estimate of drug-likeness (QED) is 0.777. The minimum atomic E-state index is -0.130. The highest BCUT2D eigenvalue weighted by molar-refractivity contribution is 5.99. The van der Waals surface area contributed by atoms with Crippen LogP contribution in [0.25, 0.3) is 0 Å². The van der Waals surface area contributed by atoms with E-state index >= 15 is 0 Å². The van der Waals surface area contributed by atoms with Gasteiger partial charge in [0.1, 0.15) is 0 Å². The summed E-state index contributed by atoms with van der Waals surface area (Å²) < 4.78 is 0. The molecule has 1 heterocycles. The van der Waals surface area contributed by atoms with E-state index < -0.39 is 0 Å². The van der Waals surface area contributed by atoms with Crippen molar-refractivity contribution in [2.75, 3.05) is 0 Å². The van der Waals surface area contributed by atoms with Gasteiger partial charge < -0.3 is 5.32 Å². The number of carbonyl (C=O) groups excluding carboxylic acids is 2. The Labute approximate surface area is 108 Å². The van der Waals surface area contributed by atoms with E-state index in [0.29, 0.717) is 0 Å². The molecule has 0 spiro atoms. The van der Waals surface area contributed by atoms with Crippen LogP contribution in [0.4, 0.5) is 4.79 Å². The molecule has 0 aromatic rings. The molecule has 1 aliphatic heterocycles. The molecule has 0 bridgehead atoms. The zero-order valence-electron chi connectivity index (χ0n) is 10.9. The van der Waals surface area contributed by atoms with E-state index in [9.17, 15) is 9.59 Å². The maximum absolute atomic E-state index is 12.5. The second-order valence-corrected chi connectivity index (χ2v) is 5.95. The number of hydrogen-bond acceptors (Lipinski definition) is 2. The van der Waals surface area contributed by atoms with Crippen LogP contribution in [0.3, 0.4) is 0 Å². The number of urea groups is 1. The van der Waals surface area contributed by atoms with Crippen molar-refractivity contribution >= 4 is 11.9 Å². The fourth-order valence-corrected chi connectivity index (χ4v) is 3.79. The molecule has 3 amide bonds. The molecular formula is C14H22N2O2. The minimum Gasteiger partial charge on any atom is -0.334 e. The minimum absolute atomic E-state index is 0.0541. The maximum Gasteiger partial charge on any atom is 0.324 e. The highest BCUT2D eigenvalue weighted by atomic mass is 16.2. The van der Waals surface area contributed by atoms with Crippen molar-refractivity contribution in [1.82, 2.24) is 10.2 Å². The zero-order valence-corrected chi connectivity index (χ0v) is 10.9. The molecule has 1 saturated heterocycles. The van der Waals surface area contributed by atoms with Gasteiger partial charge in [-0.05, 0) is 25.7 Å². The molecule has 3 aliphatic rings. The first kappa shape index (κ1) is 12.0. The number of nitrogens with zero attached hydrogens (tertiary/aromatic N) is 1. The van der Waals surface area contributed by atoms with Gasteiger partial charge in [-0.15, -0.1) is 0 Å². The van der Waals surface area contributed by atoms with E-state index in [4.69, 9.17) is 0 Å². The molecule has 4 heteroatoms. The summed E-state index contributed by atoms with van der Waals surface area (Å²) in [4.78, 5) is 26.2. The fourth-order valence-electron chi connectivity index (χ4n) is 3.79. The molecule has 18 heavy (non-hydrogen) atoms. The van der Waals surface area contributed by atoms with Crippen molar-refractivity contribution in [3.05, 3.63) is 0 Å². The second kappa shape index (κ2) is 4.90. The van der Waals surface area contributed by atoms with Crippen molar-refractivity contribution in [3.63, 3.8) is 0 Å². The van der Waals surface area contributed by atoms with Gasteiger partial charge in [0, 0.05) is 12.1 Å². The molecule has 1 N–H and O–H groups in total. The van der Waals surface area contributed by atoms with Gasteiger partial charge in [-0.3, -0.25) is 9.69 Å². The third-order valence-corrected chi connectivity index (χ3v) is 4.79. The summed E-state index contributed by atoms with van der Waals surface area (Å²) >= 11 is 0. The molecule has 2 saturated carbocycles. The van der Waals surface area contributed by atoms with Gasteiger partial charge in [0.25, 0.3) is 0 Å². The monoisotopic (exact) mass is 250 g/mol. The van der Waals surface area contributed by atoms with Gasteiger partial charge in [-0.25, -0.2) is 4.79 Å². The van der Waals surface area contributed by atoms with Crippen LogP contribution in [0.15, 0.2) is 0 Å². The Morgan fingerprint density at radius 1 is 0.889 bits per heavy atom. The van der Waals surface area contributed by atoms with E-state index in [1.807, 2.05) is 0 Å². The lowest BCUT2D eigenvalue weighted by molar-refractivity contribution is -0.139. The first-order valence-corrected chi connectivity index (χ1v) is 7.41. The molecule has 0 aromatic carbocycles. The third-order valence-electron chi connectivity index (χ3n) is 4.79. The smallest absolute Gasteiger partial charge is 0.324 e. The van der Waals surface area contributed by atoms with Crippen LogP contribution in [0.2, 0.25) is 0 Å². The summed E-state index contributed by atoms with van der Waals surface area (Å²) in [6.07, 6.45) is 9.72. The van der Waals surface area contributed by atoms with Gasteiger partial charge in [0.15, 0.2) is 0 Å². The van der Waals surface area contributed by atoms with E-state index in [2.05, 4.69) is 5.32 Å². The van der Waals surface area contributed by atoms with Crippen molar-refractivity contribution < 1.29 is 9.59 Å². The van der Waals surface area contributed by atoms with E-state index in [-0.39, 0.29) is 29.9 Å². The summed E-state index contributed by atoms with van der Waals surface area (Å²) in [5, 5.41) is 3.06. The Morgan fingerprint density at radius 2 is 1.56 bits per heavy atom. The Morgan fingerprint density at radius 3 is 2.33 bits per heavy atom. The first-order chi connectivity index (χ1) is 8.77. The molecule has 100 valence electrons. The van der Waals surface area contributed by atoms with Crippen molar-refractivity contribution in [1.29, 1.82) is 0 Å². The number of nitrogens with one attached hydrogen (secondary N) is 1. The summed E-state index contributed by atoms with van der Waals surface area (Å²) in [7, 11) is 0. The molecule has 3 fully saturated rings. The first-order valence-electron chi connectivity index (χ1n) is 7.41. The molecule has 0 radical (unpaired) electrons. The highest BCUT2D eigenvalue weighted by Gasteiger charge is 2.44. The summed E-state index contributed by atoms with van der Waals surface area (Å²) in [6.45, 7) is 0. The molecular weight excluding hydrogens is 228 g/mol. The third kappa shape index (κ3) is 2.02. The van der Waals surface area contributed by atoms with E-state index in [1.54, 1.807) is 4.90 Å². The van der Waals surface area contributed by atoms with Crippen LogP contribution >= 0.6 is 0 Å². The van der Waals surface area contributed by atoms with E-state index in [1.165, 1.54) is 6.42 Å². The summed E-state index contributed by atoms with van der Waals surface area (Å²) in [6, 6.07) is 0.141. The maximum atomic E-state index is 12.5. The number of amides is 3. The summed E-state index contributed by atoms with van der Waals surface area (Å²) in [5.74, 6) is 0.161. The molecule has 3 rings (SSSR count). The number of hydrogen-bond donors (Lipinski definition) is 1. The normalized spacial score (nSPS) is 34.1. The Bertz CT molecular complexity index is 350. The lowest BCUT2D eigenvalue weighted by Crippen LogP contribution is -2.63. The SMILES string of the molecule is O=C1NC2CCCCC2C(=O)N1C1CCCCC1. The van der Waals surface area contributed by atoms with Crippen LogP contribution in [-0.2, 0) is 4.79 Å². The molecule has 0 aromatic heterocycles. The van der Waals surface area contributed by atoms with Crippen molar-refractivity contribution in [2.45, 2.75) is 69.9 Å². The van der Waals surface area contributed by atoms with Crippen LogP contribution in [0, 0.1) is 5.92 Å². The number of carbonyl (C=O) groups is 2. The second-order valence-electron chi connectivity index (χ2n) is 5.95. The van der Waals surface area contributed by atoms with Gasteiger partial charge in [-0.2, -0.15) is 0 Å². The lowest BCUT2D eigenvalue weighted by Gasteiger charge is -2.43. The number of fused-ring (bicyclic) bond motifs is 1. The van der Waals surface area contributed by atoms with Crippen LogP contribution < -0.4 is 5.32 Å². The standard InChI is InChI=1S/C14H22N2O2/c17-13-11-8-4-5-9-12(11)15-14(18)16(13)10-6-2-1-3-7-10/h10-12H,1-9H2,(H,15,18). The predicted octanol–water partition coefficient (Wildman–Crippen LogP) is 2.43. The summed E-state index contributed by atoms with van der Waals surface area (Å²) in [5.41, 5.74) is 0. The van der Waals surface area contributed by atoms with Gasteiger partial charge in [0.05, 0.1) is 5.92 Å². The molecule has 2 aliphatic carbocycles. The highest BCUT2D eigenvalue weighted by Crippen LogP contribution is 2.32. The van der Waals surface area contributed by atoms with Gasteiger partial charge in [0.2, 0.25) is 5.91 Å². The zero-order chi connectivity index (χ0) is 12.5. The molecule has 2 unspecified atom stereocenters. The van der Waals surface area contributed by atoms with Gasteiger partial charge in [-0.1, -0.05) is 32.1 Å². The lowest BCUT2D eigenvalue weighted by atomic mass is 9.81. The Kier molecular flexibility index (Phi) is 3.27. The van der Waals surface area contributed by atoms with Gasteiger partial charge >= 0.3 is 6.03 Å². The molecule has 4 nitrogen and oxygen atoms in total. The Balaban J connectivity index is 1.77. The van der Waals surface area contributed by atoms with Crippen LogP contribution in [0.1, 0.15) is 57.8 Å². The predicted molar refractivity (Wildman–Crippen MR) is 68.0 cm³/mol. The van der Waals surface area contributed by atoms with Crippen LogP contribution in [-0.4, -0.2) is 28.9 Å². The fraction of sp³-hybridized carbons (Fsp3) is 0.857.